The van der Waals surface area contributed by atoms with Crippen molar-refractivity contribution < 1.29 is 24.2 Å². The molecule has 0 amide bonds. The Balaban J connectivity index is 3.60. The molecular weight excluding hydrogens is 705 g/mol. The van der Waals surface area contributed by atoms with Crippen LogP contribution in [0.5, 0.6) is 0 Å². The maximum atomic E-state index is 12.2. The van der Waals surface area contributed by atoms with E-state index in [1.165, 1.54) is 77.0 Å². The summed E-state index contributed by atoms with van der Waals surface area (Å²) < 4.78 is 10.6. The standard InChI is InChI=1S/C52H86O5/c1-3-5-7-9-11-13-15-16-17-18-19-20-21-22-23-24-25-26-27-28-29-30-31-32-33-34-35-36-37-39-41-43-45-47-52(55)57-50(48-53)49-56-51(54)46-44-42-40-38-14-12-10-8-6-4-2/h5,7,11,13,16-17,19-20,22-23,25-26,28-29,31-32,50,53H,3-4,6,8-10,12,14-15,18,21,24,27,30,33-49H2,1-2H3/b7-5-,13-11-,17-16-,20-19-,23-22-,26-25-,29-28-,32-31-. The van der Waals surface area contributed by atoms with E-state index in [1.807, 2.05) is 0 Å². The molecule has 324 valence electrons. The third-order valence-electron chi connectivity index (χ3n) is 9.64. The van der Waals surface area contributed by atoms with E-state index < -0.39 is 6.10 Å². The van der Waals surface area contributed by atoms with Crippen LogP contribution in [0.4, 0.5) is 0 Å². The van der Waals surface area contributed by atoms with Gasteiger partial charge in [-0.15, -0.1) is 0 Å². The molecule has 0 bridgehead atoms. The first-order valence-corrected chi connectivity index (χ1v) is 23.3. The molecule has 0 aliphatic carbocycles. The fourth-order valence-electron chi connectivity index (χ4n) is 6.16. The quantitative estimate of drug-likeness (QED) is 0.0379. The van der Waals surface area contributed by atoms with Gasteiger partial charge in [0, 0.05) is 12.8 Å². The molecule has 0 radical (unpaired) electrons. The Morgan fingerprint density at radius 3 is 1.14 bits per heavy atom. The molecule has 1 N–H and O–H groups in total. The van der Waals surface area contributed by atoms with Crippen molar-refractivity contribution in [3.05, 3.63) is 97.2 Å². The van der Waals surface area contributed by atoms with E-state index >= 15 is 0 Å². The minimum Gasteiger partial charge on any atom is -0.462 e. The largest absolute Gasteiger partial charge is 0.462 e. The van der Waals surface area contributed by atoms with Crippen molar-refractivity contribution in [2.24, 2.45) is 0 Å². The van der Waals surface area contributed by atoms with Gasteiger partial charge >= 0.3 is 11.9 Å². The van der Waals surface area contributed by atoms with Crippen LogP contribution in [0, 0.1) is 0 Å². The lowest BCUT2D eigenvalue weighted by Crippen LogP contribution is -2.28. The van der Waals surface area contributed by atoms with E-state index in [9.17, 15) is 14.7 Å². The summed E-state index contributed by atoms with van der Waals surface area (Å²) in [6, 6.07) is 0. The number of hydrogen-bond acceptors (Lipinski definition) is 5. The van der Waals surface area contributed by atoms with Gasteiger partial charge in [-0.25, -0.2) is 0 Å². The highest BCUT2D eigenvalue weighted by atomic mass is 16.6. The predicted molar refractivity (Wildman–Crippen MR) is 246 cm³/mol. The Labute approximate surface area is 351 Å². The average Bonchev–Trinajstić information content (AvgIpc) is 3.21. The molecular formula is C52H86O5. The summed E-state index contributed by atoms with van der Waals surface area (Å²) >= 11 is 0. The Morgan fingerprint density at radius 2 is 0.754 bits per heavy atom. The van der Waals surface area contributed by atoms with Gasteiger partial charge in [0.1, 0.15) is 6.61 Å². The molecule has 0 fully saturated rings. The number of allylic oxidation sites excluding steroid dienone is 16. The zero-order valence-corrected chi connectivity index (χ0v) is 36.8. The molecule has 0 aromatic heterocycles. The highest BCUT2D eigenvalue weighted by Crippen LogP contribution is 2.13. The van der Waals surface area contributed by atoms with Gasteiger partial charge in [-0.1, -0.05) is 207 Å². The third-order valence-corrected chi connectivity index (χ3v) is 9.64. The SMILES string of the molecule is CC/C=C\C/C=C\C/C=C\C/C=C\C/C=C\C/C=C\C/C=C\C/C=C\CCCCCCCCCCC(=O)OC(CO)COC(=O)CCCCCCCCCCCC. The topological polar surface area (TPSA) is 72.8 Å². The molecule has 0 saturated heterocycles. The molecule has 57 heavy (non-hydrogen) atoms. The molecule has 0 aliphatic rings. The van der Waals surface area contributed by atoms with Crippen LogP contribution in [0.3, 0.4) is 0 Å². The molecule has 0 aromatic carbocycles. The number of esters is 2. The Kier molecular flexibility index (Phi) is 44.6. The second-order valence-corrected chi connectivity index (χ2v) is 15.1. The number of unbranched alkanes of at least 4 members (excludes halogenated alkanes) is 17. The first-order chi connectivity index (χ1) is 28.1. The van der Waals surface area contributed by atoms with Gasteiger partial charge in [-0.05, 0) is 77.0 Å². The monoisotopic (exact) mass is 791 g/mol. The number of carbonyl (C=O) groups is 2. The van der Waals surface area contributed by atoms with Crippen molar-refractivity contribution in [1.29, 1.82) is 0 Å². The van der Waals surface area contributed by atoms with Crippen molar-refractivity contribution in [2.75, 3.05) is 13.2 Å². The van der Waals surface area contributed by atoms with Gasteiger partial charge in [0.15, 0.2) is 6.10 Å². The average molecular weight is 791 g/mol. The van der Waals surface area contributed by atoms with E-state index in [1.54, 1.807) is 0 Å². The number of hydrogen-bond donors (Lipinski definition) is 1. The van der Waals surface area contributed by atoms with Crippen molar-refractivity contribution in [3.8, 4) is 0 Å². The van der Waals surface area contributed by atoms with E-state index in [0.29, 0.717) is 12.8 Å². The summed E-state index contributed by atoms with van der Waals surface area (Å²) in [6.45, 7) is 3.99. The summed E-state index contributed by atoms with van der Waals surface area (Å²) in [6.07, 6.45) is 66.4. The van der Waals surface area contributed by atoms with Crippen LogP contribution in [0.2, 0.25) is 0 Å². The molecule has 5 nitrogen and oxygen atoms in total. The molecule has 0 aromatic rings. The zero-order valence-electron chi connectivity index (χ0n) is 36.8. The van der Waals surface area contributed by atoms with Crippen LogP contribution < -0.4 is 0 Å². The maximum absolute atomic E-state index is 12.2. The summed E-state index contributed by atoms with van der Waals surface area (Å²) in [5.74, 6) is -0.606. The number of rotatable bonds is 41. The fraction of sp³-hybridized carbons (Fsp3) is 0.654. The molecule has 0 spiro atoms. The maximum Gasteiger partial charge on any atom is 0.306 e. The molecule has 0 heterocycles. The van der Waals surface area contributed by atoms with Crippen LogP contribution >= 0.6 is 0 Å². The lowest BCUT2D eigenvalue weighted by molar-refractivity contribution is -0.161. The smallest absolute Gasteiger partial charge is 0.306 e. The fourth-order valence-corrected chi connectivity index (χ4v) is 6.16. The molecule has 1 unspecified atom stereocenters. The number of carbonyl (C=O) groups excluding carboxylic acids is 2. The first-order valence-electron chi connectivity index (χ1n) is 23.3. The van der Waals surface area contributed by atoms with Crippen molar-refractivity contribution in [1.82, 2.24) is 0 Å². The number of aliphatic hydroxyl groups is 1. The van der Waals surface area contributed by atoms with Crippen molar-refractivity contribution >= 4 is 11.9 Å². The number of aliphatic hydroxyl groups excluding tert-OH is 1. The summed E-state index contributed by atoms with van der Waals surface area (Å²) in [7, 11) is 0. The van der Waals surface area contributed by atoms with Crippen LogP contribution in [-0.2, 0) is 19.1 Å². The van der Waals surface area contributed by atoms with Gasteiger partial charge in [0.25, 0.3) is 0 Å². The normalized spacial score (nSPS) is 13.1. The second-order valence-electron chi connectivity index (χ2n) is 15.1. The van der Waals surface area contributed by atoms with Crippen molar-refractivity contribution in [2.45, 2.75) is 206 Å². The molecule has 1 atom stereocenters. The van der Waals surface area contributed by atoms with Crippen LogP contribution in [0.1, 0.15) is 200 Å². The van der Waals surface area contributed by atoms with E-state index in [0.717, 1.165) is 96.3 Å². The van der Waals surface area contributed by atoms with Crippen LogP contribution in [-0.4, -0.2) is 36.4 Å². The highest BCUT2D eigenvalue weighted by Gasteiger charge is 2.16. The molecule has 0 saturated carbocycles. The van der Waals surface area contributed by atoms with E-state index in [2.05, 4.69) is 111 Å². The highest BCUT2D eigenvalue weighted by molar-refractivity contribution is 5.70. The summed E-state index contributed by atoms with van der Waals surface area (Å²) in [4.78, 5) is 24.3. The Bertz CT molecular complexity index is 1120. The lowest BCUT2D eigenvalue weighted by atomic mass is 10.1. The predicted octanol–water partition coefficient (Wildman–Crippen LogP) is 15.2. The summed E-state index contributed by atoms with van der Waals surface area (Å²) in [5, 5.41) is 9.56. The minimum atomic E-state index is -0.778. The third kappa shape index (κ3) is 45.4. The zero-order chi connectivity index (χ0) is 41.4. The van der Waals surface area contributed by atoms with Gasteiger partial charge in [-0.2, -0.15) is 0 Å². The molecule has 0 aliphatic heterocycles. The van der Waals surface area contributed by atoms with Crippen LogP contribution in [0.25, 0.3) is 0 Å². The van der Waals surface area contributed by atoms with E-state index in [4.69, 9.17) is 9.47 Å². The molecule has 0 rings (SSSR count). The Hall–Kier alpha value is -3.18. The molecule has 5 heteroatoms. The van der Waals surface area contributed by atoms with Gasteiger partial charge in [-0.3, -0.25) is 9.59 Å². The lowest BCUT2D eigenvalue weighted by Gasteiger charge is -2.15. The second kappa shape index (κ2) is 47.2. The van der Waals surface area contributed by atoms with Gasteiger partial charge < -0.3 is 14.6 Å². The first kappa shape index (κ1) is 53.8. The van der Waals surface area contributed by atoms with Crippen molar-refractivity contribution in [3.63, 3.8) is 0 Å². The van der Waals surface area contributed by atoms with Gasteiger partial charge in [0.2, 0.25) is 0 Å². The Morgan fingerprint density at radius 1 is 0.421 bits per heavy atom. The summed E-state index contributed by atoms with van der Waals surface area (Å²) in [5.41, 5.74) is 0. The minimum absolute atomic E-state index is 0.0720. The van der Waals surface area contributed by atoms with Gasteiger partial charge in [0.05, 0.1) is 6.61 Å². The number of ether oxygens (including phenoxy) is 2. The van der Waals surface area contributed by atoms with Crippen LogP contribution in [0.15, 0.2) is 97.2 Å². The van der Waals surface area contributed by atoms with E-state index in [-0.39, 0.29) is 25.2 Å².